The molecule has 0 radical (unpaired) electrons. The molecule has 0 aliphatic heterocycles. The highest BCUT2D eigenvalue weighted by atomic mass is 16.3. The van der Waals surface area contributed by atoms with Gasteiger partial charge in [0.15, 0.2) is 5.78 Å². The molecule has 0 spiro atoms. The molecule has 2 nitrogen and oxygen atoms in total. The molecule has 90 valence electrons. The second kappa shape index (κ2) is 4.46. The number of benzene rings is 1. The van der Waals surface area contributed by atoms with Crippen LogP contribution in [0.2, 0.25) is 0 Å². The van der Waals surface area contributed by atoms with Crippen molar-refractivity contribution in [3.8, 4) is 0 Å². The fourth-order valence-corrected chi connectivity index (χ4v) is 2.27. The van der Waals surface area contributed by atoms with Crippen molar-refractivity contribution in [3.63, 3.8) is 0 Å². The van der Waals surface area contributed by atoms with Gasteiger partial charge in [-0.2, -0.15) is 0 Å². The fraction of sp³-hybridized carbons (Fsp3) is 0.400. The van der Waals surface area contributed by atoms with Crippen LogP contribution in [0.1, 0.15) is 44.2 Å². The highest BCUT2D eigenvalue weighted by Gasteiger charge is 2.36. The van der Waals surface area contributed by atoms with Crippen LogP contribution in [0, 0.1) is 0 Å². The summed E-state index contributed by atoms with van der Waals surface area (Å²) in [5, 5.41) is 10.2. The monoisotopic (exact) mass is 230 g/mol. The van der Waals surface area contributed by atoms with Crippen LogP contribution in [-0.2, 0) is 10.4 Å². The number of hydrogen-bond acceptors (Lipinski definition) is 2. The van der Waals surface area contributed by atoms with E-state index in [4.69, 9.17) is 0 Å². The van der Waals surface area contributed by atoms with Gasteiger partial charge in [0.05, 0.1) is 0 Å². The van der Waals surface area contributed by atoms with Gasteiger partial charge in [-0.1, -0.05) is 37.6 Å². The Labute approximate surface area is 102 Å². The smallest absolute Gasteiger partial charge is 0.191 e. The van der Waals surface area contributed by atoms with Crippen LogP contribution in [0.25, 0.3) is 5.57 Å². The minimum atomic E-state index is -1.37. The molecular weight excluding hydrogens is 212 g/mol. The van der Waals surface area contributed by atoms with E-state index in [1.54, 1.807) is 13.0 Å². The van der Waals surface area contributed by atoms with Crippen LogP contribution in [0.4, 0.5) is 0 Å². The van der Waals surface area contributed by atoms with Gasteiger partial charge in [0.1, 0.15) is 5.60 Å². The number of carbonyl (C=O) groups is 1. The van der Waals surface area contributed by atoms with Gasteiger partial charge in [0.2, 0.25) is 0 Å². The number of hydrogen-bond donors (Lipinski definition) is 1. The molecule has 2 rings (SSSR count). The molecule has 1 aromatic rings. The van der Waals surface area contributed by atoms with Gasteiger partial charge in [-0.3, -0.25) is 4.79 Å². The summed E-state index contributed by atoms with van der Waals surface area (Å²) in [6, 6.07) is 7.64. The Balaban J connectivity index is 2.47. The van der Waals surface area contributed by atoms with E-state index in [2.05, 4.69) is 6.92 Å². The van der Waals surface area contributed by atoms with Crippen LogP contribution >= 0.6 is 0 Å². The molecule has 1 aromatic carbocycles. The number of aliphatic hydroxyl groups is 1. The number of fused-ring (bicyclic) bond motifs is 1. The topological polar surface area (TPSA) is 37.3 Å². The molecular formula is C15H18O2. The molecule has 0 amide bonds. The summed E-state index contributed by atoms with van der Waals surface area (Å²) in [5.74, 6) is -0.206. The predicted molar refractivity (Wildman–Crippen MR) is 68.5 cm³/mol. The fourth-order valence-electron chi connectivity index (χ4n) is 2.27. The van der Waals surface area contributed by atoms with Crippen molar-refractivity contribution >= 4 is 11.4 Å². The molecule has 1 N–H and O–H groups in total. The van der Waals surface area contributed by atoms with E-state index >= 15 is 0 Å². The maximum absolute atomic E-state index is 11.9. The Hall–Kier alpha value is -1.41. The number of unbranched alkanes of at least 4 members (excludes halogenated alkanes) is 1. The third-order valence-electron chi connectivity index (χ3n) is 3.38. The zero-order valence-electron chi connectivity index (χ0n) is 10.4. The normalized spacial score (nSPS) is 23.2. The molecule has 0 aromatic heterocycles. The van der Waals surface area contributed by atoms with Crippen molar-refractivity contribution in [2.75, 3.05) is 0 Å². The Morgan fingerprint density at radius 2 is 2.00 bits per heavy atom. The molecule has 0 heterocycles. The van der Waals surface area contributed by atoms with Crippen molar-refractivity contribution in [2.24, 2.45) is 0 Å². The van der Waals surface area contributed by atoms with Crippen LogP contribution in [0.15, 0.2) is 30.3 Å². The minimum absolute atomic E-state index is 0.206. The molecule has 0 bridgehead atoms. The second-order valence-corrected chi connectivity index (χ2v) is 4.76. The number of allylic oxidation sites excluding steroid dienone is 1. The molecule has 1 unspecified atom stereocenters. The Kier molecular flexibility index (Phi) is 3.16. The average molecular weight is 230 g/mol. The first-order valence-electron chi connectivity index (χ1n) is 6.14. The van der Waals surface area contributed by atoms with E-state index in [-0.39, 0.29) is 5.78 Å². The predicted octanol–water partition coefficient (Wildman–Crippen LogP) is 3.05. The number of carbonyl (C=O) groups excluding carboxylic acids is 1. The zero-order valence-corrected chi connectivity index (χ0v) is 10.4. The second-order valence-electron chi connectivity index (χ2n) is 4.76. The SMILES string of the molecule is CCCCC1=CC(=O)C(C)(O)c2ccccc21. The summed E-state index contributed by atoms with van der Waals surface area (Å²) in [6.07, 6.45) is 4.67. The first-order chi connectivity index (χ1) is 8.07. The highest BCUT2D eigenvalue weighted by molar-refractivity contribution is 6.06. The van der Waals surface area contributed by atoms with Gasteiger partial charge in [0, 0.05) is 0 Å². The number of ketones is 1. The van der Waals surface area contributed by atoms with Crippen LogP contribution in [0.5, 0.6) is 0 Å². The van der Waals surface area contributed by atoms with E-state index in [0.29, 0.717) is 0 Å². The van der Waals surface area contributed by atoms with Crippen molar-refractivity contribution in [1.82, 2.24) is 0 Å². The first kappa shape index (κ1) is 12.1. The van der Waals surface area contributed by atoms with Gasteiger partial charge < -0.3 is 5.11 Å². The summed E-state index contributed by atoms with van der Waals surface area (Å²) in [4.78, 5) is 11.9. The van der Waals surface area contributed by atoms with Crippen molar-refractivity contribution in [3.05, 3.63) is 41.5 Å². The lowest BCUT2D eigenvalue weighted by molar-refractivity contribution is -0.131. The summed E-state index contributed by atoms with van der Waals surface area (Å²) in [7, 11) is 0. The Morgan fingerprint density at radius 1 is 1.29 bits per heavy atom. The third-order valence-corrected chi connectivity index (χ3v) is 3.38. The van der Waals surface area contributed by atoms with Gasteiger partial charge in [0.25, 0.3) is 0 Å². The molecule has 17 heavy (non-hydrogen) atoms. The lowest BCUT2D eigenvalue weighted by Crippen LogP contribution is -2.34. The molecule has 2 heteroatoms. The maximum Gasteiger partial charge on any atom is 0.191 e. The largest absolute Gasteiger partial charge is 0.377 e. The van der Waals surface area contributed by atoms with Crippen molar-refractivity contribution in [2.45, 2.75) is 38.7 Å². The maximum atomic E-state index is 11.9. The third kappa shape index (κ3) is 2.05. The number of rotatable bonds is 3. The molecule has 0 saturated carbocycles. The van der Waals surface area contributed by atoms with E-state index in [1.807, 2.05) is 24.3 Å². The lowest BCUT2D eigenvalue weighted by Gasteiger charge is -2.29. The van der Waals surface area contributed by atoms with E-state index < -0.39 is 5.60 Å². The summed E-state index contributed by atoms with van der Waals surface area (Å²) >= 11 is 0. The molecule has 1 aliphatic carbocycles. The van der Waals surface area contributed by atoms with E-state index in [1.165, 1.54) is 0 Å². The van der Waals surface area contributed by atoms with Crippen LogP contribution in [-0.4, -0.2) is 10.9 Å². The molecule has 1 atom stereocenters. The van der Waals surface area contributed by atoms with Gasteiger partial charge in [-0.05, 0) is 42.5 Å². The zero-order chi connectivity index (χ0) is 12.5. The summed E-state index contributed by atoms with van der Waals surface area (Å²) in [5.41, 5.74) is 1.44. The summed E-state index contributed by atoms with van der Waals surface area (Å²) < 4.78 is 0. The van der Waals surface area contributed by atoms with Crippen LogP contribution < -0.4 is 0 Å². The van der Waals surface area contributed by atoms with Crippen molar-refractivity contribution in [1.29, 1.82) is 0 Å². The van der Waals surface area contributed by atoms with Gasteiger partial charge >= 0.3 is 0 Å². The Morgan fingerprint density at radius 3 is 2.71 bits per heavy atom. The summed E-state index contributed by atoms with van der Waals surface area (Å²) in [6.45, 7) is 3.70. The molecule has 0 fully saturated rings. The minimum Gasteiger partial charge on any atom is -0.377 e. The van der Waals surface area contributed by atoms with E-state index in [9.17, 15) is 9.90 Å². The van der Waals surface area contributed by atoms with Crippen LogP contribution in [0.3, 0.4) is 0 Å². The standard InChI is InChI=1S/C15H18O2/c1-3-4-7-11-10-14(16)15(2,17)13-9-6-5-8-12(11)13/h5-6,8-10,17H,3-4,7H2,1-2H3. The van der Waals surface area contributed by atoms with Crippen molar-refractivity contribution < 1.29 is 9.90 Å². The quantitative estimate of drug-likeness (QED) is 0.866. The first-order valence-corrected chi connectivity index (χ1v) is 6.14. The average Bonchev–Trinajstić information content (AvgIpc) is 2.33. The lowest BCUT2D eigenvalue weighted by atomic mass is 9.78. The molecule has 0 saturated heterocycles. The molecule has 1 aliphatic rings. The van der Waals surface area contributed by atoms with E-state index in [0.717, 1.165) is 36.0 Å². The Bertz CT molecular complexity index is 470. The highest BCUT2D eigenvalue weighted by Crippen LogP contribution is 2.36. The van der Waals surface area contributed by atoms with Gasteiger partial charge in [-0.25, -0.2) is 0 Å². The van der Waals surface area contributed by atoms with Gasteiger partial charge in [-0.15, -0.1) is 0 Å².